The SMILES string of the molecule is CCc1cn2cccc(C(=O)O)c2n1. The number of pyridine rings is 1. The zero-order valence-corrected chi connectivity index (χ0v) is 7.77. The van der Waals surface area contributed by atoms with E-state index in [1.54, 1.807) is 22.7 Å². The molecule has 1 N–H and O–H groups in total. The van der Waals surface area contributed by atoms with Crippen molar-refractivity contribution in [3.8, 4) is 0 Å². The van der Waals surface area contributed by atoms with Crippen LogP contribution in [0.3, 0.4) is 0 Å². The predicted molar refractivity (Wildman–Crippen MR) is 51.5 cm³/mol. The van der Waals surface area contributed by atoms with E-state index in [-0.39, 0.29) is 5.56 Å². The van der Waals surface area contributed by atoms with Crippen LogP contribution in [0.15, 0.2) is 24.5 Å². The Kier molecular flexibility index (Phi) is 1.96. The van der Waals surface area contributed by atoms with Gasteiger partial charge in [-0.15, -0.1) is 0 Å². The van der Waals surface area contributed by atoms with Crippen LogP contribution in [0.2, 0.25) is 0 Å². The summed E-state index contributed by atoms with van der Waals surface area (Å²) in [7, 11) is 0. The molecule has 0 aliphatic rings. The first-order valence-electron chi connectivity index (χ1n) is 4.42. The first kappa shape index (κ1) is 8.74. The molecular weight excluding hydrogens is 180 g/mol. The number of rotatable bonds is 2. The van der Waals surface area contributed by atoms with Gasteiger partial charge in [0.2, 0.25) is 0 Å². The van der Waals surface area contributed by atoms with Gasteiger partial charge in [-0.25, -0.2) is 9.78 Å². The maximum Gasteiger partial charge on any atom is 0.339 e. The lowest BCUT2D eigenvalue weighted by atomic mass is 10.3. The maximum atomic E-state index is 10.9. The highest BCUT2D eigenvalue weighted by atomic mass is 16.4. The lowest BCUT2D eigenvalue weighted by molar-refractivity contribution is 0.0698. The van der Waals surface area contributed by atoms with E-state index >= 15 is 0 Å². The Bertz CT molecular complexity index is 488. The van der Waals surface area contributed by atoms with Crippen molar-refractivity contribution >= 4 is 11.6 Å². The first-order chi connectivity index (χ1) is 6.72. The number of hydrogen-bond donors (Lipinski definition) is 1. The van der Waals surface area contributed by atoms with Crippen molar-refractivity contribution in [3.05, 3.63) is 35.8 Å². The van der Waals surface area contributed by atoms with Crippen LogP contribution < -0.4 is 0 Å². The van der Waals surface area contributed by atoms with Gasteiger partial charge in [0.05, 0.1) is 5.69 Å². The molecule has 0 aliphatic carbocycles. The molecule has 0 fully saturated rings. The third-order valence-corrected chi connectivity index (χ3v) is 2.13. The molecule has 2 aromatic rings. The summed E-state index contributed by atoms with van der Waals surface area (Å²) in [4.78, 5) is 15.1. The monoisotopic (exact) mass is 190 g/mol. The molecule has 2 aromatic heterocycles. The second-order valence-electron chi connectivity index (χ2n) is 3.04. The molecule has 14 heavy (non-hydrogen) atoms. The van der Waals surface area contributed by atoms with Gasteiger partial charge in [0, 0.05) is 12.4 Å². The second kappa shape index (κ2) is 3.14. The van der Waals surface area contributed by atoms with Gasteiger partial charge in [0.25, 0.3) is 0 Å². The molecule has 0 saturated carbocycles. The van der Waals surface area contributed by atoms with E-state index in [2.05, 4.69) is 4.98 Å². The minimum Gasteiger partial charge on any atom is -0.478 e. The third kappa shape index (κ3) is 1.25. The maximum absolute atomic E-state index is 10.9. The standard InChI is InChI=1S/C10H10N2O2/c1-2-7-6-12-5-3-4-8(10(13)14)9(12)11-7/h3-6H,2H2,1H3,(H,13,14). The smallest absolute Gasteiger partial charge is 0.339 e. The van der Waals surface area contributed by atoms with Gasteiger partial charge in [-0.1, -0.05) is 6.92 Å². The molecule has 0 saturated heterocycles. The normalized spacial score (nSPS) is 10.6. The zero-order valence-electron chi connectivity index (χ0n) is 7.77. The lowest BCUT2D eigenvalue weighted by Gasteiger charge is -1.96. The minimum atomic E-state index is -0.941. The third-order valence-electron chi connectivity index (χ3n) is 2.13. The van der Waals surface area contributed by atoms with Crippen LogP contribution in [0, 0.1) is 0 Å². The molecule has 0 aromatic carbocycles. The Hall–Kier alpha value is -1.84. The number of fused-ring (bicyclic) bond motifs is 1. The highest BCUT2D eigenvalue weighted by Crippen LogP contribution is 2.11. The summed E-state index contributed by atoms with van der Waals surface area (Å²) in [5, 5.41) is 8.91. The van der Waals surface area contributed by atoms with Crippen molar-refractivity contribution < 1.29 is 9.90 Å². The molecule has 0 radical (unpaired) electrons. The summed E-state index contributed by atoms with van der Waals surface area (Å²) in [6, 6.07) is 3.27. The van der Waals surface area contributed by atoms with Gasteiger partial charge in [-0.2, -0.15) is 0 Å². The molecule has 0 atom stereocenters. The molecule has 0 aliphatic heterocycles. The van der Waals surface area contributed by atoms with E-state index in [1.807, 2.05) is 13.1 Å². The van der Waals surface area contributed by atoms with E-state index in [0.717, 1.165) is 12.1 Å². The highest BCUT2D eigenvalue weighted by molar-refractivity contribution is 5.94. The van der Waals surface area contributed by atoms with Crippen LogP contribution in [-0.4, -0.2) is 20.5 Å². The minimum absolute atomic E-state index is 0.243. The summed E-state index contributed by atoms with van der Waals surface area (Å²) >= 11 is 0. The Balaban J connectivity index is 2.73. The summed E-state index contributed by atoms with van der Waals surface area (Å²) in [5.74, 6) is -0.941. The van der Waals surface area contributed by atoms with Crippen molar-refractivity contribution in [1.82, 2.24) is 9.38 Å². The molecule has 72 valence electrons. The van der Waals surface area contributed by atoms with Crippen molar-refractivity contribution in [2.75, 3.05) is 0 Å². The number of carboxylic acid groups (broad SMARTS) is 1. The number of aryl methyl sites for hydroxylation is 1. The average molecular weight is 190 g/mol. The Morgan fingerprint density at radius 3 is 3.07 bits per heavy atom. The van der Waals surface area contributed by atoms with E-state index in [1.165, 1.54) is 0 Å². The molecule has 0 bridgehead atoms. The average Bonchev–Trinajstić information content (AvgIpc) is 2.59. The van der Waals surface area contributed by atoms with E-state index in [9.17, 15) is 4.79 Å². The van der Waals surface area contributed by atoms with E-state index < -0.39 is 5.97 Å². The van der Waals surface area contributed by atoms with Crippen molar-refractivity contribution in [1.29, 1.82) is 0 Å². The molecule has 0 amide bonds. The number of nitrogens with zero attached hydrogens (tertiary/aromatic N) is 2. The van der Waals surface area contributed by atoms with Gasteiger partial charge in [-0.05, 0) is 18.6 Å². The number of imidazole rings is 1. The van der Waals surface area contributed by atoms with E-state index in [4.69, 9.17) is 5.11 Å². The van der Waals surface area contributed by atoms with Crippen LogP contribution >= 0.6 is 0 Å². The van der Waals surface area contributed by atoms with Crippen molar-refractivity contribution in [2.45, 2.75) is 13.3 Å². The van der Waals surface area contributed by atoms with Crippen molar-refractivity contribution in [2.24, 2.45) is 0 Å². The molecule has 4 heteroatoms. The fourth-order valence-corrected chi connectivity index (χ4v) is 1.40. The molecule has 0 spiro atoms. The summed E-state index contributed by atoms with van der Waals surface area (Å²) < 4.78 is 1.74. The Morgan fingerprint density at radius 1 is 1.64 bits per heavy atom. The van der Waals surface area contributed by atoms with Gasteiger partial charge >= 0.3 is 5.97 Å². The van der Waals surface area contributed by atoms with Crippen LogP contribution in [0.5, 0.6) is 0 Å². The Morgan fingerprint density at radius 2 is 2.43 bits per heavy atom. The van der Waals surface area contributed by atoms with Crippen molar-refractivity contribution in [3.63, 3.8) is 0 Å². The fourth-order valence-electron chi connectivity index (χ4n) is 1.40. The molecule has 2 rings (SSSR count). The topological polar surface area (TPSA) is 54.6 Å². The number of carbonyl (C=O) groups is 1. The van der Waals surface area contributed by atoms with Crippen LogP contribution in [0.1, 0.15) is 23.0 Å². The van der Waals surface area contributed by atoms with Crippen LogP contribution in [-0.2, 0) is 6.42 Å². The predicted octanol–water partition coefficient (Wildman–Crippen LogP) is 1.59. The zero-order chi connectivity index (χ0) is 10.1. The summed E-state index contributed by atoms with van der Waals surface area (Å²) in [6.07, 6.45) is 4.45. The lowest BCUT2D eigenvalue weighted by Crippen LogP contribution is -1.99. The summed E-state index contributed by atoms with van der Waals surface area (Å²) in [6.45, 7) is 1.99. The van der Waals surface area contributed by atoms with E-state index in [0.29, 0.717) is 5.65 Å². The van der Waals surface area contributed by atoms with Gasteiger partial charge in [-0.3, -0.25) is 0 Å². The molecule has 0 unspecified atom stereocenters. The van der Waals surface area contributed by atoms with Gasteiger partial charge in [0.1, 0.15) is 5.56 Å². The Labute approximate surface area is 80.8 Å². The second-order valence-corrected chi connectivity index (χ2v) is 3.04. The van der Waals surface area contributed by atoms with Crippen LogP contribution in [0.25, 0.3) is 5.65 Å². The largest absolute Gasteiger partial charge is 0.478 e. The quantitative estimate of drug-likeness (QED) is 0.782. The summed E-state index contributed by atoms with van der Waals surface area (Å²) in [5.41, 5.74) is 1.66. The highest BCUT2D eigenvalue weighted by Gasteiger charge is 2.10. The van der Waals surface area contributed by atoms with Gasteiger partial charge in [0.15, 0.2) is 5.65 Å². The van der Waals surface area contributed by atoms with Crippen LogP contribution in [0.4, 0.5) is 0 Å². The molecule has 4 nitrogen and oxygen atoms in total. The number of aromatic nitrogens is 2. The van der Waals surface area contributed by atoms with Gasteiger partial charge < -0.3 is 9.51 Å². The fraction of sp³-hybridized carbons (Fsp3) is 0.200. The molecular formula is C10H10N2O2. The number of carboxylic acids is 1. The molecule has 2 heterocycles. The number of hydrogen-bond acceptors (Lipinski definition) is 2. The number of aromatic carboxylic acids is 1. The first-order valence-corrected chi connectivity index (χ1v) is 4.42.